The first-order valence-corrected chi connectivity index (χ1v) is 10.6. The Hall–Kier alpha value is -2.52. The van der Waals surface area contributed by atoms with E-state index in [9.17, 15) is 4.79 Å². The van der Waals surface area contributed by atoms with Gasteiger partial charge in [0.15, 0.2) is 16.6 Å². The molecule has 0 unspecified atom stereocenters. The quantitative estimate of drug-likeness (QED) is 0.568. The number of hydrogen-bond donors (Lipinski definition) is 1. The number of amides is 1. The zero-order valence-corrected chi connectivity index (χ0v) is 17.1. The number of ether oxygens (including phenoxy) is 2. The van der Waals surface area contributed by atoms with Crippen molar-refractivity contribution in [3.05, 3.63) is 47.8 Å². The predicted octanol–water partition coefficient (Wildman–Crippen LogP) is 4.46. The maximum Gasteiger partial charge on any atom is 0.231 e. The first kappa shape index (κ1) is 18.8. The van der Waals surface area contributed by atoms with E-state index in [-0.39, 0.29) is 19.1 Å². The maximum atomic E-state index is 12.3. The van der Waals surface area contributed by atoms with Crippen molar-refractivity contribution >= 4 is 34.1 Å². The normalized spacial score (nSPS) is 12.5. The SMILES string of the molecule is CC(C)c1cnc(CSc2cnc(NC(=O)Cc3ccc4c(c3)OCO4)s2)o1. The molecule has 1 aromatic carbocycles. The number of carbonyl (C=O) groups is 1. The smallest absolute Gasteiger partial charge is 0.231 e. The molecule has 1 amide bonds. The zero-order chi connectivity index (χ0) is 19.5. The van der Waals surface area contributed by atoms with Crippen molar-refractivity contribution in [2.24, 2.45) is 0 Å². The van der Waals surface area contributed by atoms with E-state index < -0.39 is 0 Å². The van der Waals surface area contributed by atoms with Crippen molar-refractivity contribution < 1.29 is 18.7 Å². The van der Waals surface area contributed by atoms with E-state index in [4.69, 9.17) is 13.9 Å². The molecule has 4 rings (SSSR count). The minimum atomic E-state index is -0.126. The molecule has 0 spiro atoms. The molecular formula is C19H19N3O4S2. The molecule has 3 aromatic rings. The average molecular weight is 418 g/mol. The topological polar surface area (TPSA) is 86.5 Å². The number of hydrogen-bond acceptors (Lipinski definition) is 8. The van der Waals surface area contributed by atoms with Crippen molar-refractivity contribution in [2.75, 3.05) is 12.1 Å². The van der Waals surface area contributed by atoms with Crippen LogP contribution in [0.25, 0.3) is 0 Å². The van der Waals surface area contributed by atoms with E-state index in [2.05, 4.69) is 29.1 Å². The maximum absolute atomic E-state index is 12.3. The molecule has 0 saturated heterocycles. The molecule has 1 aliphatic heterocycles. The van der Waals surface area contributed by atoms with Gasteiger partial charge in [0.25, 0.3) is 0 Å². The molecule has 0 fully saturated rings. The van der Waals surface area contributed by atoms with Crippen LogP contribution in [0.1, 0.15) is 37.0 Å². The molecule has 0 aliphatic carbocycles. The van der Waals surface area contributed by atoms with Gasteiger partial charge in [0.1, 0.15) is 5.76 Å². The number of rotatable bonds is 7. The van der Waals surface area contributed by atoms with Gasteiger partial charge in [0, 0.05) is 5.92 Å². The molecule has 28 heavy (non-hydrogen) atoms. The summed E-state index contributed by atoms with van der Waals surface area (Å²) < 4.78 is 17.3. The third-order valence-corrected chi connectivity index (χ3v) is 6.10. The Morgan fingerprint density at radius 3 is 2.93 bits per heavy atom. The van der Waals surface area contributed by atoms with E-state index in [1.165, 1.54) is 11.3 Å². The first-order valence-electron chi connectivity index (χ1n) is 8.78. The average Bonchev–Trinajstić information content (AvgIpc) is 3.40. The molecule has 1 aliphatic rings. The molecule has 7 nitrogen and oxygen atoms in total. The van der Waals surface area contributed by atoms with Crippen LogP contribution in [0, 0.1) is 0 Å². The standard InChI is InChI=1S/C19H19N3O4S2/c1-11(2)15-7-20-17(26-15)9-27-18-8-21-19(28-18)22-16(23)6-12-3-4-13-14(5-12)25-10-24-13/h3-5,7-8,11H,6,9-10H2,1-2H3,(H,21,22,23). The van der Waals surface area contributed by atoms with Gasteiger partial charge in [-0.1, -0.05) is 31.3 Å². The lowest BCUT2D eigenvalue weighted by Crippen LogP contribution is -2.14. The minimum absolute atomic E-state index is 0.126. The monoisotopic (exact) mass is 417 g/mol. The number of carbonyl (C=O) groups excluding carboxylic acids is 1. The van der Waals surface area contributed by atoms with Gasteiger partial charge in [-0.25, -0.2) is 9.97 Å². The Balaban J connectivity index is 1.29. The molecular weight excluding hydrogens is 398 g/mol. The summed E-state index contributed by atoms with van der Waals surface area (Å²) in [6.07, 6.45) is 3.76. The number of thiazole rings is 1. The Bertz CT molecular complexity index is 983. The number of oxazole rings is 1. The molecule has 0 radical (unpaired) electrons. The van der Waals surface area contributed by atoms with Crippen molar-refractivity contribution in [2.45, 2.75) is 36.1 Å². The second kappa shape index (κ2) is 8.24. The van der Waals surface area contributed by atoms with Crippen LogP contribution >= 0.6 is 23.1 Å². The van der Waals surface area contributed by atoms with E-state index in [0.29, 0.717) is 34.2 Å². The van der Waals surface area contributed by atoms with Gasteiger partial charge in [-0.3, -0.25) is 4.79 Å². The third kappa shape index (κ3) is 4.48. The van der Waals surface area contributed by atoms with E-state index in [1.54, 1.807) is 24.2 Å². The Kier molecular flexibility index (Phi) is 5.54. The first-order chi connectivity index (χ1) is 13.6. The van der Waals surface area contributed by atoms with Crippen molar-refractivity contribution in [1.82, 2.24) is 9.97 Å². The van der Waals surface area contributed by atoms with E-state index in [1.807, 2.05) is 18.2 Å². The fourth-order valence-electron chi connectivity index (χ4n) is 2.57. The van der Waals surface area contributed by atoms with Crippen LogP contribution in [0.2, 0.25) is 0 Å². The molecule has 0 atom stereocenters. The summed E-state index contributed by atoms with van der Waals surface area (Å²) in [7, 11) is 0. The highest BCUT2D eigenvalue weighted by atomic mass is 32.2. The Morgan fingerprint density at radius 1 is 1.25 bits per heavy atom. The fourth-order valence-corrected chi connectivity index (χ4v) is 4.32. The highest BCUT2D eigenvalue weighted by Crippen LogP contribution is 2.33. The summed E-state index contributed by atoms with van der Waals surface area (Å²) in [6.45, 7) is 4.36. The van der Waals surface area contributed by atoms with Crippen LogP contribution in [0.5, 0.6) is 11.5 Å². The number of aromatic nitrogens is 2. The van der Waals surface area contributed by atoms with Crippen LogP contribution in [-0.4, -0.2) is 22.7 Å². The third-order valence-electron chi connectivity index (χ3n) is 4.01. The van der Waals surface area contributed by atoms with Crippen LogP contribution in [-0.2, 0) is 17.0 Å². The second-order valence-electron chi connectivity index (χ2n) is 6.50. The number of nitrogens with one attached hydrogen (secondary N) is 1. The van der Waals surface area contributed by atoms with Crippen molar-refractivity contribution in [3.8, 4) is 11.5 Å². The lowest BCUT2D eigenvalue weighted by atomic mass is 10.1. The molecule has 0 saturated carbocycles. The zero-order valence-electron chi connectivity index (χ0n) is 15.4. The van der Waals surface area contributed by atoms with Crippen LogP contribution in [0.4, 0.5) is 5.13 Å². The molecule has 2 aromatic heterocycles. The second-order valence-corrected chi connectivity index (χ2v) is 8.80. The largest absolute Gasteiger partial charge is 0.454 e. The van der Waals surface area contributed by atoms with Crippen LogP contribution in [0.3, 0.4) is 0 Å². The van der Waals surface area contributed by atoms with E-state index >= 15 is 0 Å². The Morgan fingerprint density at radius 2 is 2.11 bits per heavy atom. The fraction of sp³-hybridized carbons (Fsp3) is 0.316. The highest BCUT2D eigenvalue weighted by molar-refractivity contribution is 8.00. The highest BCUT2D eigenvalue weighted by Gasteiger charge is 2.15. The van der Waals surface area contributed by atoms with Crippen molar-refractivity contribution in [1.29, 1.82) is 0 Å². The number of benzene rings is 1. The van der Waals surface area contributed by atoms with Gasteiger partial charge in [0.2, 0.25) is 18.6 Å². The summed E-state index contributed by atoms with van der Waals surface area (Å²) in [5.74, 6) is 3.77. The lowest BCUT2D eigenvalue weighted by Gasteiger charge is -2.03. The molecule has 9 heteroatoms. The summed E-state index contributed by atoms with van der Waals surface area (Å²) in [5, 5.41) is 3.41. The summed E-state index contributed by atoms with van der Waals surface area (Å²) in [5.41, 5.74) is 0.859. The van der Waals surface area contributed by atoms with E-state index in [0.717, 1.165) is 15.5 Å². The number of fused-ring (bicyclic) bond motifs is 1. The molecule has 0 bridgehead atoms. The number of thioether (sulfide) groups is 1. The molecule has 146 valence electrons. The van der Waals surface area contributed by atoms with Gasteiger partial charge in [-0.2, -0.15) is 0 Å². The Labute approximate surface area is 170 Å². The molecule has 3 heterocycles. The van der Waals surface area contributed by atoms with Crippen molar-refractivity contribution in [3.63, 3.8) is 0 Å². The lowest BCUT2D eigenvalue weighted by molar-refractivity contribution is -0.115. The summed E-state index contributed by atoms with van der Waals surface area (Å²) >= 11 is 3.01. The summed E-state index contributed by atoms with van der Waals surface area (Å²) in [6, 6.07) is 5.50. The van der Waals surface area contributed by atoms with Crippen LogP contribution < -0.4 is 14.8 Å². The van der Waals surface area contributed by atoms with Gasteiger partial charge < -0.3 is 19.2 Å². The predicted molar refractivity (Wildman–Crippen MR) is 107 cm³/mol. The van der Waals surface area contributed by atoms with Crippen LogP contribution in [0.15, 0.2) is 39.2 Å². The molecule has 1 N–H and O–H groups in total. The van der Waals surface area contributed by atoms with Gasteiger partial charge in [-0.15, -0.1) is 11.8 Å². The van der Waals surface area contributed by atoms with Gasteiger partial charge >= 0.3 is 0 Å². The number of nitrogens with zero attached hydrogens (tertiary/aromatic N) is 2. The number of anilines is 1. The minimum Gasteiger partial charge on any atom is -0.454 e. The summed E-state index contributed by atoms with van der Waals surface area (Å²) in [4.78, 5) is 20.8. The van der Waals surface area contributed by atoms with Gasteiger partial charge in [0.05, 0.1) is 28.8 Å². The van der Waals surface area contributed by atoms with Gasteiger partial charge in [-0.05, 0) is 17.7 Å².